The molecule has 0 spiro atoms. The summed E-state index contributed by atoms with van der Waals surface area (Å²) >= 11 is 14.8. The van der Waals surface area contributed by atoms with Crippen LogP contribution in [0.2, 0.25) is 10.0 Å². The predicted octanol–water partition coefficient (Wildman–Crippen LogP) is 3.84. The molecule has 26 heavy (non-hydrogen) atoms. The van der Waals surface area contributed by atoms with Crippen molar-refractivity contribution in [3.05, 3.63) is 49.3 Å². The summed E-state index contributed by atoms with van der Waals surface area (Å²) in [6, 6.07) is 5.58. The number of amides is 1. The maximum absolute atomic E-state index is 12.5. The molecule has 1 fully saturated rings. The third kappa shape index (κ3) is 4.91. The highest BCUT2D eigenvalue weighted by Gasteiger charge is 2.22. The molecule has 2 heterocycles. The van der Waals surface area contributed by atoms with Crippen LogP contribution in [0.1, 0.15) is 17.7 Å². The zero-order valence-corrected chi connectivity index (χ0v) is 18.3. The van der Waals surface area contributed by atoms with Crippen LogP contribution in [-0.2, 0) is 17.9 Å². The Morgan fingerprint density at radius 2 is 1.85 bits per heavy atom. The highest BCUT2D eigenvalue weighted by atomic mass is 127. The van der Waals surface area contributed by atoms with Crippen molar-refractivity contribution >= 4 is 51.7 Å². The van der Waals surface area contributed by atoms with Crippen molar-refractivity contribution in [3.8, 4) is 0 Å². The number of nitrogens with zero attached hydrogens (tertiary/aromatic N) is 4. The van der Waals surface area contributed by atoms with Gasteiger partial charge in [-0.2, -0.15) is 5.10 Å². The topological polar surface area (TPSA) is 41.4 Å². The first-order valence-corrected chi connectivity index (χ1v) is 10.4. The zero-order valence-electron chi connectivity index (χ0n) is 14.6. The molecular weight excluding hydrogens is 486 g/mol. The summed E-state index contributed by atoms with van der Waals surface area (Å²) in [4.78, 5) is 16.7. The van der Waals surface area contributed by atoms with Gasteiger partial charge in [0.05, 0.1) is 9.26 Å². The van der Waals surface area contributed by atoms with Gasteiger partial charge in [-0.15, -0.1) is 0 Å². The molecule has 1 aliphatic rings. The fourth-order valence-corrected chi connectivity index (χ4v) is 3.99. The average Bonchev–Trinajstić information content (AvgIpc) is 2.95. The number of hydrogen-bond acceptors (Lipinski definition) is 3. The quantitative estimate of drug-likeness (QED) is 0.578. The van der Waals surface area contributed by atoms with Crippen LogP contribution < -0.4 is 0 Å². The van der Waals surface area contributed by atoms with Crippen LogP contribution in [-0.4, -0.2) is 51.7 Å². The molecule has 0 N–H and O–H groups in total. The third-order valence-electron chi connectivity index (χ3n) is 4.61. The van der Waals surface area contributed by atoms with Crippen molar-refractivity contribution < 1.29 is 4.79 Å². The minimum absolute atomic E-state index is 0.184. The van der Waals surface area contributed by atoms with Crippen LogP contribution in [0.4, 0.5) is 0 Å². The fraction of sp³-hybridized carbons (Fsp3) is 0.444. The third-order valence-corrected chi connectivity index (χ3v) is 6.38. The molecule has 1 saturated heterocycles. The smallest absolute Gasteiger partial charge is 0.224 e. The molecule has 0 atom stereocenters. The molecule has 0 radical (unpaired) electrons. The van der Waals surface area contributed by atoms with E-state index in [4.69, 9.17) is 23.2 Å². The number of halogens is 3. The fourth-order valence-electron chi connectivity index (χ4n) is 3.04. The Morgan fingerprint density at radius 1 is 1.19 bits per heavy atom. The SMILES string of the molecule is Cc1nn(CCC(=O)N2CCN(Cc3c(Cl)cccc3Cl)CC2)cc1I. The van der Waals surface area contributed by atoms with Crippen LogP contribution in [0.25, 0.3) is 0 Å². The largest absolute Gasteiger partial charge is 0.340 e. The van der Waals surface area contributed by atoms with E-state index in [1.54, 1.807) is 0 Å². The predicted molar refractivity (Wildman–Crippen MR) is 113 cm³/mol. The van der Waals surface area contributed by atoms with Crippen molar-refractivity contribution in [2.45, 2.75) is 26.4 Å². The summed E-state index contributed by atoms with van der Waals surface area (Å²) in [5, 5.41) is 5.80. The van der Waals surface area contributed by atoms with Crippen LogP contribution in [0.3, 0.4) is 0 Å². The van der Waals surface area contributed by atoms with E-state index >= 15 is 0 Å². The van der Waals surface area contributed by atoms with Crippen molar-refractivity contribution in [3.63, 3.8) is 0 Å². The van der Waals surface area contributed by atoms with Gasteiger partial charge in [0.15, 0.2) is 0 Å². The number of hydrogen-bond donors (Lipinski definition) is 0. The van der Waals surface area contributed by atoms with E-state index in [9.17, 15) is 4.79 Å². The molecule has 3 rings (SSSR count). The highest BCUT2D eigenvalue weighted by molar-refractivity contribution is 14.1. The summed E-state index contributed by atoms with van der Waals surface area (Å²) < 4.78 is 2.98. The van der Waals surface area contributed by atoms with Crippen molar-refractivity contribution in [2.75, 3.05) is 26.2 Å². The summed E-state index contributed by atoms with van der Waals surface area (Å²) in [5.74, 6) is 0.184. The van der Waals surface area contributed by atoms with Gasteiger partial charge in [0.2, 0.25) is 5.91 Å². The molecule has 1 aromatic heterocycles. The van der Waals surface area contributed by atoms with E-state index in [0.29, 0.717) is 29.6 Å². The summed E-state index contributed by atoms with van der Waals surface area (Å²) in [7, 11) is 0. The molecule has 5 nitrogen and oxygen atoms in total. The van der Waals surface area contributed by atoms with E-state index in [-0.39, 0.29) is 5.91 Å². The first kappa shape index (κ1) is 19.9. The summed E-state index contributed by atoms with van der Waals surface area (Å²) in [6.45, 7) is 6.43. The van der Waals surface area contributed by atoms with E-state index in [0.717, 1.165) is 41.0 Å². The molecule has 1 aromatic carbocycles. The molecule has 0 saturated carbocycles. The monoisotopic (exact) mass is 506 g/mol. The lowest BCUT2D eigenvalue weighted by molar-refractivity contribution is -0.133. The Bertz CT molecular complexity index is 748. The number of rotatable bonds is 5. The number of piperazine rings is 1. The Hall–Kier alpha value is -0.830. The number of carbonyl (C=O) groups is 1. The second kappa shape index (κ2) is 8.91. The lowest BCUT2D eigenvalue weighted by Crippen LogP contribution is -2.48. The van der Waals surface area contributed by atoms with Gasteiger partial charge in [-0.05, 0) is 41.6 Å². The molecule has 1 aliphatic heterocycles. The Balaban J connectivity index is 1.48. The first-order chi connectivity index (χ1) is 12.4. The van der Waals surface area contributed by atoms with Crippen molar-refractivity contribution in [1.29, 1.82) is 0 Å². The van der Waals surface area contributed by atoms with Crippen LogP contribution in [0.15, 0.2) is 24.4 Å². The average molecular weight is 507 g/mol. The zero-order chi connectivity index (χ0) is 18.7. The standard InChI is InChI=1S/C18H21Cl2IN4O/c1-13-17(21)12-25(22-13)6-5-18(26)24-9-7-23(8-10-24)11-14-15(19)3-2-4-16(14)20/h2-4,12H,5-11H2,1H3. The second-order valence-corrected chi connectivity index (χ2v) is 8.41. The molecule has 2 aromatic rings. The van der Waals surface area contributed by atoms with Gasteiger partial charge in [-0.1, -0.05) is 29.3 Å². The van der Waals surface area contributed by atoms with Crippen molar-refractivity contribution in [2.24, 2.45) is 0 Å². The van der Waals surface area contributed by atoms with Gasteiger partial charge in [0.25, 0.3) is 0 Å². The summed E-state index contributed by atoms with van der Waals surface area (Å²) in [6.07, 6.45) is 2.46. The van der Waals surface area contributed by atoms with Crippen molar-refractivity contribution in [1.82, 2.24) is 19.6 Å². The maximum Gasteiger partial charge on any atom is 0.224 e. The molecule has 140 valence electrons. The highest BCUT2D eigenvalue weighted by Crippen LogP contribution is 2.26. The van der Waals surface area contributed by atoms with Gasteiger partial charge >= 0.3 is 0 Å². The molecule has 1 amide bonds. The van der Waals surface area contributed by atoms with E-state index in [1.807, 2.05) is 40.9 Å². The lowest BCUT2D eigenvalue weighted by Gasteiger charge is -2.35. The number of carbonyl (C=O) groups excluding carboxylic acids is 1. The van der Waals surface area contributed by atoms with Gasteiger partial charge in [0, 0.05) is 67.5 Å². The molecule has 8 heteroatoms. The molecular formula is C18H21Cl2IN4O. The number of aromatic nitrogens is 2. The molecule has 0 bridgehead atoms. The Kier molecular flexibility index (Phi) is 6.82. The van der Waals surface area contributed by atoms with Gasteiger partial charge in [0.1, 0.15) is 0 Å². The minimum atomic E-state index is 0.184. The van der Waals surface area contributed by atoms with Crippen LogP contribution in [0.5, 0.6) is 0 Å². The van der Waals surface area contributed by atoms with Crippen LogP contribution in [0, 0.1) is 10.5 Å². The van der Waals surface area contributed by atoms with E-state index < -0.39 is 0 Å². The number of benzene rings is 1. The van der Waals surface area contributed by atoms with E-state index in [2.05, 4.69) is 32.6 Å². The minimum Gasteiger partial charge on any atom is -0.340 e. The lowest BCUT2D eigenvalue weighted by atomic mass is 10.2. The summed E-state index contributed by atoms with van der Waals surface area (Å²) in [5.41, 5.74) is 1.96. The van der Waals surface area contributed by atoms with Crippen LogP contribution >= 0.6 is 45.8 Å². The molecule has 0 unspecified atom stereocenters. The van der Waals surface area contributed by atoms with Gasteiger partial charge in [-0.3, -0.25) is 14.4 Å². The Morgan fingerprint density at radius 3 is 2.42 bits per heavy atom. The maximum atomic E-state index is 12.5. The second-order valence-electron chi connectivity index (χ2n) is 6.43. The molecule has 0 aliphatic carbocycles. The van der Waals surface area contributed by atoms with Gasteiger partial charge in [-0.25, -0.2) is 0 Å². The van der Waals surface area contributed by atoms with E-state index in [1.165, 1.54) is 0 Å². The normalized spacial score (nSPS) is 15.5. The first-order valence-electron chi connectivity index (χ1n) is 8.56. The Labute approximate surface area is 177 Å². The van der Waals surface area contributed by atoms with Gasteiger partial charge < -0.3 is 4.90 Å². The number of aryl methyl sites for hydroxylation is 2.